The first-order chi connectivity index (χ1) is 22.4. The molecule has 0 radical (unpaired) electrons. The van der Waals surface area contributed by atoms with Crippen LogP contribution in [-0.2, 0) is 31.6 Å². The number of nitrogens with zero attached hydrogens (tertiary/aromatic N) is 1. The van der Waals surface area contributed by atoms with Crippen LogP contribution in [0.25, 0.3) is 0 Å². The van der Waals surface area contributed by atoms with Gasteiger partial charge in [0.1, 0.15) is 12.1 Å². The van der Waals surface area contributed by atoms with E-state index in [1.807, 2.05) is 58.9 Å². The molecule has 0 aromatic heterocycles. The normalized spacial score (nSPS) is 16.2. The smallest absolute Gasteiger partial charge is 0.318 e. The molecular weight excluding hydrogens is 612 g/mol. The van der Waals surface area contributed by atoms with E-state index in [-0.39, 0.29) is 23.6 Å². The summed E-state index contributed by atoms with van der Waals surface area (Å²) in [6, 6.07) is 16.8. The summed E-state index contributed by atoms with van der Waals surface area (Å²) in [7, 11) is -3.55. The van der Waals surface area contributed by atoms with Crippen molar-refractivity contribution in [1.82, 2.24) is 20.9 Å². The molecule has 3 atom stereocenters. The van der Waals surface area contributed by atoms with Gasteiger partial charge in [-0.15, -0.1) is 0 Å². The van der Waals surface area contributed by atoms with Crippen molar-refractivity contribution in [2.45, 2.75) is 97.0 Å². The SMILES string of the molecule is CCCCC(/C=C/S(=O)(=O)Cc1ccccc1)NC(=O)C(NC(=O)C(NC(=O)N1CCC(Cc2ccccc2)CC1)C(C)C)C(C)C. The van der Waals surface area contributed by atoms with Crippen molar-refractivity contribution in [3.63, 3.8) is 0 Å². The highest BCUT2D eigenvalue weighted by Gasteiger charge is 2.33. The number of urea groups is 1. The lowest BCUT2D eigenvalue weighted by Crippen LogP contribution is -2.59. The summed E-state index contributed by atoms with van der Waals surface area (Å²) in [5, 5.41) is 9.94. The van der Waals surface area contributed by atoms with E-state index in [0.717, 1.165) is 32.1 Å². The van der Waals surface area contributed by atoms with Crippen LogP contribution >= 0.6 is 0 Å². The van der Waals surface area contributed by atoms with Crippen LogP contribution in [0.15, 0.2) is 72.1 Å². The van der Waals surface area contributed by atoms with Gasteiger partial charge in [-0.3, -0.25) is 9.59 Å². The third-order valence-electron chi connectivity index (χ3n) is 8.67. The zero-order chi connectivity index (χ0) is 34.4. The molecule has 9 nitrogen and oxygen atoms in total. The first kappa shape index (κ1) is 37.8. The van der Waals surface area contributed by atoms with Crippen LogP contribution < -0.4 is 16.0 Å². The van der Waals surface area contributed by atoms with Gasteiger partial charge in [0, 0.05) is 24.5 Å². The largest absolute Gasteiger partial charge is 0.348 e. The van der Waals surface area contributed by atoms with Gasteiger partial charge in [-0.2, -0.15) is 0 Å². The molecule has 1 aliphatic heterocycles. The van der Waals surface area contributed by atoms with Gasteiger partial charge in [0.25, 0.3) is 0 Å². The molecule has 0 bridgehead atoms. The van der Waals surface area contributed by atoms with Crippen LogP contribution in [0.5, 0.6) is 0 Å². The molecule has 0 saturated carbocycles. The number of nitrogens with one attached hydrogen (secondary N) is 3. The van der Waals surface area contributed by atoms with Crippen LogP contribution in [0.3, 0.4) is 0 Å². The standard InChI is InChI=1S/C37H54N4O5S/c1-6-7-18-32(21-24-47(45,46)26-31-16-12-9-13-17-31)38-35(42)33(27(2)3)39-36(43)34(28(4)5)40-37(44)41-22-19-30(20-23-41)25-29-14-10-8-11-15-29/h8-17,21,24,27-28,30,32-34H,6-7,18-20,22-23,25-26H2,1-5H3,(H,38,42)(H,39,43)(H,40,44)/b24-21+. The van der Waals surface area contributed by atoms with Crippen LogP contribution in [0.4, 0.5) is 4.79 Å². The number of sulfone groups is 1. The lowest BCUT2D eigenvalue weighted by Gasteiger charge is -2.34. The van der Waals surface area contributed by atoms with Gasteiger partial charge in [0.15, 0.2) is 9.84 Å². The molecule has 4 amide bonds. The number of benzene rings is 2. The summed E-state index contributed by atoms with van der Waals surface area (Å²) in [5.74, 6) is -0.890. The number of hydrogen-bond donors (Lipinski definition) is 3. The van der Waals surface area contributed by atoms with Crippen LogP contribution in [-0.4, -0.2) is 62.4 Å². The zero-order valence-corrected chi connectivity index (χ0v) is 29.5. The van der Waals surface area contributed by atoms with Crippen molar-refractivity contribution in [3.05, 3.63) is 83.3 Å². The number of likely N-dealkylation sites (tertiary alicyclic amines) is 1. The summed E-state index contributed by atoms with van der Waals surface area (Å²) >= 11 is 0. The molecule has 1 fully saturated rings. The highest BCUT2D eigenvalue weighted by atomic mass is 32.2. The van der Waals surface area contributed by atoms with E-state index in [4.69, 9.17) is 0 Å². The lowest BCUT2D eigenvalue weighted by molar-refractivity contribution is -0.131. The predicted molar refractivity (Wildman–Crippen MR) is 188 cm³/mol. The van der Waals surface area contributed by atoms with Crippen LogP contribution in [0, 0.1) is 17.8 Å². The summed E-state index contributed by atoms with van der Waals surface area (Å²) in [6.07, 6.45) is 6.55. The average Bonchev–Trinajstić information content (AvgIpc) is 3.04. The van der Waals surface area contributed by atoms with E-state index in [9.17, 15) is 22.8 Å². The van der Waals surface area contributed by atoms with E-state index in [0.29, 0.717) is 31.0 Å². The quantitative estimate of drug-likeness (QED) is 0.215. The second-order valence-corrected chi connectivity index (χ2v) is 15.3. The number of rotatable bonds is 16. The van der Waals surface area contributed by atoms with Crippen molar-refractivity contribution in [2.75, 3.05) is 13.1 Å². The Hall–Kier alpha value is -3.66. The maximum Gasteiger partial charge on any atom is 0.318 e. The molecule has 0 aliphatic carbocycles. The predicted octanol–water partition coefficient (Wildman–Crippen LogP) is 5.62. The zero-order valence-electron chi connectivity index (χ0n) is 28.7. The number of hydrogen-bond acceptors (Lipinski definition) is 5. The van der Waals surface area contributed by atoms with Crippen molar-refractivity contribution >= 4 is 27.7 Å². The Kier molecular flexibility index (Phi) is 15.0. The number of unbranched alkanes of at least 4 members (excludes halogenated alkanes) is 1. The minimum atomic E-state index is -3.55. The number of carbonyl (C=O) groups excluding carboxylic acids is 3. The third-order valence-corrected chi connectivity index (χ3v) is 9.98. The number of carbonyl (C=O) groups is 3. The maximum atomic E-state index is 13.5. The molecule has 258 valence electrons. The van der Waals surface area contributed by atoms with Crippen molar-refractivity contribution < 1.29 is 22.8 Å². The highest BCUT2D eigenvalue weighted by molar-refractivity contribution is 7.93. The Bertz CT molecular complexity index is 1400. The van der Waals surface area contributed by atoms with Gasteiger partial charge in [-0.25, -0.2) is 13.2 Å². The van der Waals surface area contributed by atoms with E-state index >= 15 is 0 Å². The minimum Gasteiger partial charge on any atom is -0.348 e. The summed E-state index contributed by atoms with van der Waals surface area (Å²) in [5.41, 5.74) is 1.99. The number of amides is 4. The van der Waals surface area contributed by atoms with Crippen molar-refractivity contribution in [3.8, 4) is 0 Å². The van der Waals surface area contributed by atoms with Gasteiger partial charge >= 0.3 is 6.03 Å². The van der Waals surface area contributed by atoms with Crippen LogP contribution in [0.1, 0.15) is 77.8 Å². The Morgan fingerprint density at radius 3 is 1.89 bits per heavy atom. The molecule has 1 heterocycles. The topological polar surface area (TPSA) is 125 Å². The molecule has 47 heavy (non-hydrogen) atoms. The van der Waals surface area contributed by atoms with E-state index in [1.165, 1.54) is 17.0 Å². The maximum absolute atomic E-state index is 13.5. The fourth-order valence-corrected chi connectivity index (χ4v) is 6.99. The molecule has 10 heteroatoms. The van der Waals surface area contributed by atoms with Crippen LogP contribution in [0.2, 0.25) is 0 Å². The Balaban J connectivity index is 1.60. The second kappa shape index (κ2) is 18.6. The third kappa shape index (κ3) is 12.8. The molecular formula is C37H54N4O5S. The molecule has 1 saturated heterocycles. The van der Waals surface area contributed by atoms with E-state index < -0.39 is 39.8 Å². The molecule has 1 aliphatic rings. The van der Waals surface area contributed by atoms with Gasteiger partial charge in [-0.1, -0.05) is 114 Å². The molecule has 3 unspecified atom stereocenters. The average molecular weight is 667 g/mol. The second-order valence-electron chi connectivity index (χ2n) is 13.4. The Morgan fingerprint density at radius 2 is 1.34 bits per heavy atom. The fourth-order valence-electron chi connectivity index (χ4n) is 5.81. The van der Waals surface area contributed by atoms with Gasteiger partial charge in [0.2, 0.25) is 11.8 Å². The summed E-state index contributed by atoms with van der Waals surface area (Å²) in [6.45, 7) is 10.7. The molecule has 0 spiro atoms. The lowest BCUT2D eigenvalue weighted by atomic mass is 9.90. The van der Waals surface area contributed by atoms with Gasteiger partial charge in [0.05, 0.1) is 5.75 Å². The van der Waals surface area contributed by atoms with E-state index in [2.05, 4.69) is 28.1 Å². The Morgan fingerprint density at radius 1 is 0.809 bits per heavy atom. The summed E-state index contributed by atoms with van der Waals surface area (Å²) < 4.78 is 25.6. The minimum absolute atomic E-state index is 0.128. The summed E-state index contributed by atoms with van der Waals surface area (Å²) in [4.78, 5) is 42.1. The Labute approximate surface area is 281 Å². The molecule has 3 N–H and O–H groups in total. The molecule has 2 aromatic carbocycles. The fraction of sp³-hybridized carbons (Fsp3) is 0.541. The van der Waals surface area contributed by atoms with Crippen molar-refractivity contribution in [1.29, 1.82) is 0 Å². The monoisotopic (exact) mass is 666 g/mol. The highest BCUT2D eigenvalue weighted by Crippen LogP contribution is 2.22. The molecule has 2 aromatic rings. The van der Waals surface area contributed by atoms with Crippen molar-refractivity contribution in [2.24, 2.45) is 17.8 Å². The van der Waals surface area contributed by atoms with E-state index in [1.54, 1.807) is 29.2 Å². The van der Waals surface area contributed by atoms with Gasteiger partial charge < -0.3 is 20.9 Å². The van der Waals surface area contributed by atoms with Gasteiger partial charge in [-0.05, 0) is 54.6 Å². The number of piperidine rings is 1. The first-order valence-electron chi connectivity index (χ1n) is 17.0. The first-order valence-corrected chi connectivity index (χ1v) is 18.7. The molecule has 3 rings (SSSR count).